The fourth-order valence-corrected chi connectivity index (χ4v) is 1.77. The van der Waals surface area contributed by atoms with Crippen LogP contribution in [0.15, 0.2) is 18.2 Å². The SMILES string of the molecule is CC.CC(C)N1Cc2cccc(F)c2C1. The van der Waals surface area contributed by atoms with Gasteiger partial charge in [0.05, 0.1) is 0 Å². The van der Waals surface area contributed by atoms with Gasteiger partial charge in [-0.25, -0.2) is 4.39 Å². The molecule has 1 aliphatic heterocycles. The summed E-state index contributed by atoms with van der Waals surface area (Å²) in [6.45, 7) is 9.94. The third-order valence-corrected chi connectivity index (χ3v) is 2.68. The molecule has 1 aromatic carbocycles. The predicted octanol–water partition coefficient (Wildman–Crippen LogP) is 3.58. The number of nitrogens with zero attached hydrogens (tertiary/aromatic N) is 1. The van der Waals surface area contributed by atoms with Gasteiger partial charge in [0, 0.05) is 24.7 Å². The van der Waals surface area contributed by atoms with Crippen LogP contribution in [0.1, 0.15) is 38.8 Å². The Morgan fingerprint density at radius 2 is 1.87 bits per heavy atom. The van der Waals surface area contributed by atoms with Gasteiger partial charge in [-0.05, 0) is 25.5 Å². The van der Waals surface area contributed by atoms with Crippen molar-refractivity contribution in [1.29, 1.82) is 0 Å². The molecule has 2 rings (SSSR count). The van der Waals surface area contributed by atoms with Crippen LogP contribution in [-0.2, 0) is 13.1 Å². The zero-order chi connectivity index (χ0) is 11.4. The van der Waals surface area contributed by atoms with Gasteiger partial charge in [-0.15, -0.1) is 0 Å². The van der Waals surface area contributed by atoms with E-state index in [1.54, 1.807) is 12.1 Å². The largest absolute Gasteiger partial charge is 0.292 e. The Hall–Kier alpha value is -0.890. The van der Waals surface area contributed by atoms with E-state index >= 15 is 0 Å². The van der Waals surface area contributed by atoms with E-state index in [2.05, 4.69) is 18.7 Å². The highest BCUT2D eigenvalue weighted by Gasteiger charge is 2.22. The number of hydrogen-bond donors (Lipinski definition) is 0. The van der Waals surface area contributed by atoms with E-state index < -0.39 is 0 Å². The standard InChI is InChI=1S/C11H14FN.C2H6/c1-8(2)13-6-9-4-3-5-11(12)10(9)7-13;1-2/h3-5,8H,6-7H2,1-2H3;1-2H3. The van der Waals surface area contributed by atoms with Crippen LogP contribution in [0.5, 0.6) is 0 Å². The third kappa shape index (κ3) is 2.57. The van der Waals surface area contributed by atoms with E-state index in [9.17, 15) is 4.39 Å². The Morgan fingerprint density at radius 3 is 2.40 bits per heavy atom. The number of hydrogen-bond acceptors (Lipinski definition) is 1. The van der Waals surface area contributed by atoms with Gasteiger partial charge in [-0.2, -0.15) is 0 Å². The molecule has 84 valence electrons. The highest BCUT2D eigenvalue weighted by molar-refractivity contribution is 5.31. The molecule has 0 aliphatic carbocycles. The van der Waals surface area contributed by atoms with Crippen molar-refractivity contribution in [2.75, 3.05) is 0 Å². The smallest absolute Gasteiger partial charge is 0.128 e. The minimum absolute atomic E-state index is 0.0550. The summed E-state index contributed by atoms with van der Waals surface area (Å²) in [4.78, 5) is 2.27. The molecule has 0 radical (unpaired) electrons. The van der Waals surface area contributed by atoms with Crippen molar-refractivity contribution < 1.29 is 4.39 Å². The predicted molar refractivity (Wildman–Crippen MR) is 62.1 cm³/mol. The molecule has 0 spiro atoms. The first-order chi connectivity index (χ1) is 7.18. The lowest BCUT2D eigenvalue weighted by molar-refractivity contribution is 0.226. The van der Waals surface area contributed by atoms with Gasteiger partial charge in [0.2, 0.25) is 0 Å². The molecular formula is C13H20FN. The quantitative estimate of drug-likeness (QED) is 0.683. The highest BCUT2D eigenvalue weighted by Crippen LogP contribution is 2.26. The summed E-state index contributed by atoms with van der Waals surface area (Å²) in [6, 6.07) is 5.84. The van der Waals surface area contributed by atoms with Crippen LogP contribution in [0.4, 0.5) is 4.39 Å². The third-order valence-electron chi connectivity index (χ3n) is 2.68. The minimum Gasteiger partial charge on any atom is -0.292 e. The summed E-state index contributed by atoms with van der Waals surface area (Å²) in [5.74, 6) is -0.0550. The molecule has 2 heteroatoms. The molecule has 0 atom stereocenters. The monoisotopic (exact) mass is 209 g/mol. The molecule has 0 N–H and O–H groups in total. The minimum atomic E-state index is -0.0550. The van der Waals surface area contributed by atoms with E-state index in [0.29, 0.717) is 6.04 Å². The van der Waals surface area contributed by atoms with Crippen molar-refractivity contribution in [3.8, 4) is 0 Å². The van der Waals surface area contributed by atoms with Gasteiger partial charge in [-0.3, -0.25) is 4.90 Å². The molecular weight excluding hydrogens is 189 g/mol. The van der Waals surface area contributed by atoms with E-state index in [0.717, 1.165) is 24.2 Å². The molecule has 1 nitrogen and oxygen atoms in total. The first-order valence-corrected chi connectivity index (χ1v) is 5.69. The molecule has 0 saturated carbocycles. The van der Waals surface area contributed by atoms with Crippen molar-refractivity contribution in [3.05, 3.63) is 35.1 Å². The number of benzene rings is 1. The number of rotatable bonds is 1. The average molecular weight is 209 g/mol. The number of halogens is 1. The molecule has 15 heavy (non-hydrogen) atoms. The molecule has 1 heterocycles. The second-order valence-corrected chi connectivity index (χ2v) is 3.88. The van der Waals surface area contributed by atoms with Crippen molar-refractivity contribution >= 4 is 0 Å². The van der Waals surface area contributed by atoms with Crippen LogP contribution >= 0.6 is 0 Å². The Balaban J connectivity index is 0.000000531. The summed E-state index contributed by atoms with van der Waals surface area (Å²) in [7, 11) is 0. The van der Waals surface area contributed by atoms with Gasteiger partial charge in [0.15, 0.2) is 0 Å². The van der Waals surface area contributed by atoms with Gasteiger partial charge < -0.3 is 0 Å². The Kier molecular flexibility index (Phi) is 4.28. The molecule has 0 amide bonds. The second kappa shape index (κ2) is 5.26. The molecule has 0 saturated heterocycles. The topological polar surface area (TPSA) is 3.24 Å². The fourth-order valence-electron chi connectivity index (χ4n) is 1.77. The molecule has 0 aromatic heterocycles. The lowest BCUT2D eigenvalue weighted by Gasteiger charge is -2.18. The Morgan fingerprint density at radius 1 is 1.20 bits per heavy atom. The van der Waals surface area contributed by atoms with Crippen LogP contribution in [0.3, 0.4) is 0 Å². The number of fused-ring (bicyclic) bond motifs is 1. The van der Waals surface area contributed by atoms with Crippen molar-refractivity contribution in [1.82, 2.24) is 4.90 Å². The lowest BCUT2D eigenvalue weighted by Crippen LogP contribution is -2.24. The lowest BCUT2D eigenvalue weighted by atomic mass is 10.1. The molecule has 0 fully saturated rings. The van der Waals surface area contributed by atoms with Crippen LogP contribution in [0.2, 0.25) is 0 Å². The molecule has 0 unspecified atom stereocenters. The van der Waals surface area contributed by atoms with E-state index in [1.165, 1.54) is 0 Å². The maximum atomic E-state index is 13.3. The average Bonchev–Trinajstić information content (AvgIpc) is 2.66. The summed E-state index contributed by atoms with van der Waals surface area (Å²) in [6.07, 6.45) is 0. The molecule has 1 aromatic rings. The maximum absolute atomic E-state index is 13.3. The normalized spacial score (nSPS) is 14.8. The second-order valence-electron chi connectivity index (χ2n) is 3.88. The van der Waals surface area contributed by atoms with Gasteiger partial charge in [-0.1, -0.05) is 26.0 Å². The summed E-state index contributed by atoms with van der Waals surface area (Å²) in [5.41, 5.74) is 2.03. The van der Waals surface area contributed by atoms with Crippen molar-refractivity contribution in [2.45, 2.75) is 46.8 Å². The summed E-state index contributed by atoms with van der Waals surface area (Å²) >= 11 is 0. The van der Waals surface area contributed by atoms with Gasteiger partial charge in [0.25, 0.3) is 0 Å². The van der Waals surface area contributed by atoms with E-state index in [1.807, 2.05) is 19.9 Å². The zero-order valence-corrected chi connectivity index (χ0v) is 10.0. The van der Waals surface area contributed by atoms with Crippen LogP contribution < -0.4 is 0 Å². The van der Waals surface area contributed by atoms with Crippen LogP contribution in [0, 0.1) is 5.82 Å². The molecule has 1 aliphatic rings. The van der Waals surface area contributed by atoms with Gasteiger partial charge in [0.1, 0.15) is 5.82 Å². The van der Waals surface area contributed by atoms with Gasteiger partial charge >= 0.3 is 0 Å². The van der Waals surface area contributed by atoms with Crippen molar-refractivity contribution in [3.63, 3.8) is 0 Å². The Bertz CT molecular complexity index is 320. The van der Waals surface area contributed by atoms with Crippen LogP contribution in [-0.4, -0.2) is 10.9 Å². The zero-order valence-electron chi connectivity index (χ0n) is 10.0. The fraction of sp³-hybridized carbons (Fsp3) is 0.538. The maximum Gasteiger partial charge on any atom is 0.128 e. The molecule has 0 bridgehead atoms. The van der Waals surface area contributed by atoms with Crippen LogP contribution in [0.25, 0.3) is 0 Å². The first-order valence-electron chi connectivity index (χ1n) is 5.69. The highest BCUT2D eigenvalue weighted by atomic mass is 19.1. The Labute approximate surface area is 91.9 Å². The van der Waals surface area contributed by atoms with E-state index in [-0.39, 0.29) is 5.82 Å². The van der Waals surface area contributed by atoms with Crippen molar-refractivity contribution in [2.24, 2.45) is 0 Å². The summed E-state index contributed by atoms with van der Waals surface area (Å²) < 4.78 is 13.3. The van der Waals surface area contributed by atoms with E-state index in [4.69, 9.17) is 0 Å². The first kappa shape index (κ1) is 12.2. The summed E-state index contributed by atoms with van der Waals surface area (Å²) in [5, 5.41) is 0.